The molecule has 0 atom stereocenters. The van der Waals surface area contributed by atoms with Gasteiger partial charge >= 0.3 is 5.97 Å². The molecule has 0 aromatic rings. The molecule has 0 spiro atoms. The maximum absolute atomic E-state index is 10.6. The van der Waals surface area contributed by atoms with E-state index in [9.17, 15) is 4.79 Å². The predicted octanol–water partition coefficient (Wildman–Crippen LogP) is 1.39. The second kappa shape index (κ2) is 6.61. The Kier molecular flexibility index (Phi) is 6.01. The lowest BCUT2D eigenvalue weighted by molar-refractivity contribution is -0.133. The van der Waals surface area contributed by atoms with Crippen molar-refractivity contribution < 1.29 is 14.6 Å². The van der Waals surface area contributed by atoms with E-state index in [0.29, 0.717) is 18.6 Å². The van der Waals surface area contributed by atoms with Gasteiger partial charge in [0.15, 0.2) is 0 Å². The summed E-state index contributed by atoms with van der Waals surface area (Å²) < 4.78 is 4.71. The van der Waals surface area contributed by atoms with Crippen molar-refractivity contribution in [3.63, 3.8) is 0 Å². The van der Waals surface area contributed by atoms with Gasteiger partial charge in [0.05, 0.1) is 0 Å². The molecule has 1 N–H and O–H groups in total. The standard InChI is InChI=1S/C9H14O3/c1-3-9(11)12-8(2)6-4-5-7-10/h3,10H,1-2,4-7H2. The summed E-state index contributed by atoms with van der Waals surface area (Å²) in [6.45, 7) is 6.95. The number of unbranched alkanes of at least 4 members (excludes halogenated alkanes) is 1. The molecule has 3 nitrogen and oxygen atoms in total. The molecule has 0 aliphatic carbocycles. The van der Waals surface area contributed by atoms with Gasteiger partial charge in [-0.05, 0) is 12.8 Å². The van der Waals surface area contributed by atoms with Crippen LogP contribution >= 0.6 is 0 Å². The van der Waals surface area contributed by atoms with Crippen LogP contribution < -0.4 is 0 Å². The van der Waals surface area contributed by atoms with Gasteiger partial charge in [0.25, 0.3) is 0 Å². The van der Waals surface area contributed by atoms with Crippen LogP contribution in [-0.4, -0.2) is 17.7 Å². The summed E-state index contributed by atoms with van der Waals surface area (Å²) in [5, 5.41) is 8.45. The first-order chi connectivity index (χ1) is 5.70. The zero-order chi connectivity index (χ0) is 9.40. The van der Waals surface area contributed by atoms with E-state index < -0.39 is 5.97 Å². The number of ether oxygens (including phenoxy) is 1. The number of aliphatic hydroxyl groups is 1. The molecule has 3 heteroatoms. The van der Waals surface area contributed by atoms with Gasteiger partial charge in [-0.25, -0.2) is 4.79 Å². The lowest BCUT2D eigenvalue weighted by atomic mass is 10.2. The zero-order valence-electron chi connectivity index (χ0n) is 7.08. The molecule has 0 heterocycles. The first-order valence-corrected chi connectivity index (χ1v) is 3.83. The average molecular weight is 170 g/mol. The van der Waals surface area contributed by atoms with Crippen molar-refractivity contribution >= 4 is 5.97 Å². The molecule has 0 unspecified atom stereocenters. The van der Waals surface area contributed by atoms with Gasteiger partial charge in [-0.3, -0.25) is 0 Å². The van der Waals surface area contributed by atoms with Gasteiger partial charge in [-0.2, -0.15) is 0 Å². The van der Waals surface area contributed by atoms with Gasteiger partial charge in [0, 0.05) is 19.1 Å². The molecule has 0 aromatic carbocycles. The van der Waals surface area contributed by atoms with Crippen molar-refractivity contribution in [1.29, 1.82) is 0 Å². The first-order valence-electron chi connectivity index (χ1n) is 3.83. The van der Waals surface area contributed by atoms with E-state index in [1.807, 2.05) is 0 Å². The monoisotopic (exact) mass is 170 g/mol. The number of hydrogen-bond donors (Lipinski definition) is 1. The molecule has 0 radical (unpaired) electrons. The molecule has 0 amide bonds. The van der Waals surface area contributed by atoms with Crippen LogP contribution in [0.25, 0.3) is 0 Å². The lowest BCUT2D eigenvalue weighted by Gasteiger charge is -2.03. The smallest absolute Gasteiger partial charge is 0.335 e. The van der Waals surface area contributed by atoms with Crippen LogP contribution in [0.3, 0.4) is 0 Å². The number of rotatable bonds is 6. The summed E-state index contributed by atoms with van der Waals surface area (Å²) in [5.41, 5.74) is 0. The molecular weight excluding hydrogens is 156 g/mol. The van der Waals surface area contributed by atoms with Crippen LogP contribution in [0, 0.1) is 0 Å². The van der Waals surface area contributed by atoms with Gasteiger partial charge in [-0.1, -0.05) is 13.2 Å². The van der Waals surface area contributed by atoms with Gasteiger partial charge in [0.2, 0.25) is 0 Å². The first kappa shape index (κ1) is 10.9. The van der Waals surface area contributed by atoms with E-state index in [2.05, 4.69) is 13.2 Å². The predicted molar refractivity (Wildman–Crippen MR) is 46.4 cm³/mol. The molecule has 0 saturated heterocycles. The Labute approximate surface area is 72.3 Å². The Hall–Kier alpha value is -1.09. The summed E-state index contributed by atoms with van der Waals surface area (Å²) in [5.74, 6) is -0.0580. The number of carbonyl (C=O) groups is 1. The SMILES string of the molecule is C=CC(=O)OC(=C)CCCCO. The Morgan fingerprint density at radius 2 is 2.17 bits per heavy atom. The van der Waals surface area contributed by atoms with Gasteiger partial charge in [0.1, 0.15) is 5.76 Å². The maximum Gasteiger partial charge on any atom is 0.335 e. The molecule has 0 bridgehead atoms. The third-order valence-electron chi connectivity index (χ3n) is 1.28. The minimum Gasteiger partial charge on any atom is -0.429 e. The molecule has 0 saturated carbocycles. The number of aliphatic hydroxyl groups excluding tert-OH is 1. The minimum atomic E-state index is -0.482. The second-order valence-electron chi connectivity index (χ2n) is 2.34. The summed E-state index contributed by atoms with van der Waals surface area (Å²) in [7, 11) is 0. The van der Waals surface area contributed by atoms with E-state index in [4.69, 9.17) is 9.84 Å². The highest BCUT2D eigenvalue weighted by atomic mass is 16.5. The second-order valence-corrected chi connectivity index (χ2v) is 2.34. The molecule has 68 valence electrons. The summed E-state index contributed by atoms with van der Waals surface area (Å²) in [6, 6.07) is 0. The van der Waals surface area contributed by atoms with Crippen LogP contribution in [0.15, 0.2) is 25.0 Å². The largest absolute Gasteiger partial charge is 0.429 e. The lowest BCUT2D eigenvalue weighted by Crippen LogP contribution is -1.99. The fourth-order valence-corrected chi connectivity index (χ4v) is 0.669. The number of allylic oxidation sites excluding steroid dienone is 1. The van der Waals surface area contributed by atoms with Crippen LogP contribution in [0.4, 0.5) is 0 Å². The highest BCUT2D eigenvalue weighted by Gasteiger charge is 1.99. The van der Waals surface area contributed by atoms with E-state index in [-0.39, 0.29) is 6.61 Å². The summed E-state index contributed by atoms with van der Waals surface area (Å²) in [4.78, 5) is 10.6. The third kappa shape index (κ3) is 5.68. The molecule has 0 rings (SSSR count). The van der Waals surface area contributed by atoms with E-state index >= 15 is 0 Å². The van der Waals surface area contributed by atoms with Crippen molar-refractivity contribution in [1.82, 2.24) is 0 Å². The average Bonchev–Trinajstić information content (AvgIpc) is 2.05. The Balaban J connectivity index is 3.46. The highest BCUT2D eigenvalue weighted by molar-refractivity contribution is 5.81. The Morgan fingerprint density at radius 3 is 2.67 bits per heavy atom. The molecule has 12 heavy (non-hydrogen) atoms. The number of esters is 1. The topological polar surface area (TPSA) is 46.5 Å². The van der Waals surface area contributed by atoms with Crippen LogP contribution in [0.2, 0.25) is 0 Å². The molecule has 0 aromatic heterocycles. The van der Waals surface area contributed by atoms with E-state index in [1.165, 1.54) is 0 Å². The van der Waals surface area contributed by atoms with E-state index in [0.717, 1.165) is 12.5 Å². The van der Waals surface area contributed by atoms with Crippen LogP contribution in [-0.2, 0) is 9.53 Å². The fraction of sp³-hybridized carbons (Fsp3) is 0.444. The third-order valence-corrected chi connectivity index (χ3v) is 1.28. The zero-order valence-corrected chi connectivity index (χ0v) is 7.08. The number of carbonyl (C=O) groups excluding carboxylic acids is 1. The van der Waals surface area contributed by atoms with Crippen LogP contribution in [0.5, 0.6) is 0 Å². The quantitative estimate of drug-likeness (QED) is 0.283. The van der Waals surface area contributed by atoms with Crippen molar-refractivity contribution in [3.05, 3.63) is 25.0 Å². The Morgan fingerprint density at radius 1 is 1.50 bits per heavy atom. The van der Waals surface area contributed by atoms with Crippen molar-refractivity contribution in [3.8, 4) is 0 Å². The van der Waals surface area contributed by atoms with Crippen molar-refractivity contribution in [2.24, 2.45) is 0 Å². The van der Waals surface area contributed by atoms with E-state index in [1.54, 1.807) is 0 Å². The maximum atomic E-state index is 10.6. The molecule has 0 aliphatic rings. The summed E-state index contributed by atoms with van der Waals surface area (Å²) in [6.07, 6.45) is 3.17. The molecular formula is C9H14O3. The Bertz CT molecular complexity index is 173. The highest BCUT2D eigenvalue weighted by Crippen LogP contribution is 2.06. The number of hydrogen-bond acceptors (Lipinski definition) is 3. The normalized spacial score (nSPS) is 9.08. The fourth-order valence-electron chi connectivity index (χ4n) is 0.669. The molecule has 0 aliphatic heterocycles. The summed E-state index contributed by atoms with van der Waals surface area (Å²) >= 11 is 0. The minimum absolute atomic E-state index is 0.155. The van der Waals surface area contributed by atoms with Gasteiger partial charge in [-0.15, -0.1) is 0 Å². The van der Waals surface area contributed by atoms with Crippen molar-refractivity contribution in [2.75, 3.05) is 6.61 Å². The van der Waals surface area contributed by atoms with Gasteiger partial charge < -0.3 is 9.84 Å². The van der Waals surface area contributed by atoms with Crippen molar-refractivity contribution in [2.45, 2.75) is 19.3 Å². The molecule has 0 fully saturated rings. The van der Waals surface area contributed by atoms with Crippen LogP contribution in [0.1, 0.15) is 19.3 Å².